The van der Waals surface area contributed by atoms with E-state index in [-0.39, 0.29) is 29.6 Å². The molecule has 1 fully saturated rings. The summed E-state index contributed by atoms with van der Waals surface area (Å²) >= 11 is 0. The first-order valence-electron chi connectivity index (χ1n) is 7.31. The zero-order valence-corrected chi connectivity index (χ0v) is 12.1. The molecule has 1 aromatic rings. The Hall–Kier alpha value is -1.95. The lowest BCUT2D eigenvalue weighted by atomic mass is 10.0. The molecule has 114 valence electrons. The van der Waals surface area contributed by atoms with Crippen molar-refractivity contribution < 1.29 is 9.72 Å². The number of nitro benzene ring substituents is 1. The van der Waals surface area contributed by atoms with Crippen LogP contribution in [0, 0.1) is 16.0 Å². The number of carbonyl (C=O) groups excluding carboxylic acids is 1. The molecule has 0 aliphatic heterocycles. The standard InChI is InChI=1S/C15H21N3O3/c1-2-14(10-4-3-5-13(9-10)18(20)21)17-15(19)11-6-7-12(16)8-11/h3-5,9,11-12,14H,2,6-8,16H2,1H3,(H,17,19). The number of hydrogen-bond acceptors (Lipinski definition) is 4. The fraction of sp³-hybridized carbons (Fsp3) is 0.533. The molecule has 0 spiro atoms. The molecule has 0 saturated heterocycles. The quantitative estimate of drug-likeness (QED) is 0.642. The van der Waals surface area contributed by atoms with Gasteiger partial charge in [-0.25, -0.2) is 0 Å². The van der Waals surface area contributed by atoms with E-state index in [9.17, 15) is 14.9 Å². The van der Waals surface area contributed by atoms with Crippen molar-refractivity contribution in [3.8, 4) is 0 Å². The molecule has 1 aromatic carbocycles. The Balaban J connectivity index is 2.07. The van der Waals surface area contributed by atoms with Gasteiger partial charge in [0.2, 0.25) is 5.91 Å². The van der Waals surface area contributed by atoms with Crippen molar-refractivity contribution in [2.45, 2.75) is 44.7 Å². The number of nitrogens with zero attached hydrogens (tertiary/aromatic N) is 1. The number of benzene rings is 1. The average molecular weight is 291 g/mol. The number of nitro groups is 1. The third kappa shape index (κ3) is 3.78. The van der Waals surface area contributed by atoms with Gasteiger partial charge in [0.05, 0.1) is 11.0 Å². The van der Waals surface area contributed by atoms with Crippen molar-refractivity contribution in [2.75, 3.05) is 0 Å². The Bertz CT molecular complexity index is 533. The number of non-ortho nitro benzene ring substituents is 1. The van der Waals surface area contributed by atoms with Crippen molar-refractivity contribution in [2.24, 2.45) is 11.7 Å². The number of rotatable bonds is 5. The first-order chi connectivity index (χ1) is 10.0. The fourth-order valence-corrected chi connectivity index (χ4v) is 2.82. The first-order valence-corrected chi connectivity index (χ1v) is 7.31. The molecule has 0 aromatic heterocycles. The van der Waals surface area contributed by atoms with Crippen molar-refractivity contribution in [3.63, 3.8) is 0 Å². The van der Waals surface area contributed by atoms with Crippen LogP contribution in [0.15, 0.2) is 24.3 Å². The van der Waals surface area contributed by atoms with Gasteiger partial charge in [-0.05, 0) is 31.2 Å². The first kappa shape index (κ1) is 15.4. The summed E-state index contributed by atoms with van der Waals surface area (Å²) in [7, 11) is 0. The third-order valence-electron chi connectivity index (χ3n) is 4.05. The van der Waals surface area contributed by atoms with E-state index in [0.717, 1.165) is 24.8 Å². The topological polar surface area (TPSA) is 98.3 Å². The largest absolute Gasteiger partial charge is 0.349 e. The van der Waals surface area contributed by atoms with Crippen LogP contribution in [-0.2, 0) is 4.79 Å². The van der Waals surface area contributed by atoms with Crippen LogP contribution in [0.1, 0.15) is 44.2 Å². The fourth-order valence-electron chi connectivity index (χ4n) is 2.82. The molecule has 0 heterocycles. The summed E-state index contributed by atoms with van der Waals surface area (Å²) in [5.74, 6) is -0.0333. The molecule has 3 N–H and O–H groups in total. The zero-order chi connectivity index (χ0) is 15.4. The highest BCUT2D eigenvalue weighted by Gasteiger charge is 2.29. The van der Waals surface area contributed by atoms with Gasteiger partial charge in [0, 0.05) is 24.1 Å². The molecule has 1 aliphatic carbocycles. The maximum Gasteiger partial charge on any atom is 0.269 e. The van der Waals surface area contributed by atoms with E-state index in [0.29, 0.717) is 6.42 Å². The van der Waals surface area contributed by atoms with E-state index in [4.69, 9.17) is 5.73 Å². The lowest BCUT2D eigenvalue weighted by molar-refractivity contribution is -0.384. The molecule has 0 radical (unpaired) electrons. The molecule has 3 atom stereocenters. The van der Waals surface area contributed by atoms with Crippen molar-refractivity contribution in [1.29, 1.82) is 0 Å². The van der Waals surface area contributed by atoms with Crippen LogP contribution in [0.5, 0.6) is 0 Å². The van der Waals surface area contributed by atoms with Gasteiger partial charge in [0.1, 0.15) is 0 Å². The van der Waals surface area contributed by atoms with Gasteiger partial charge >= 0.3 is 0 Å². The molecular formula is C15H21N3O3. The van der Waals surface area contributed by atoms with Crippen LogP contribution in [-0.4, -0.2) is 16.9 Å². The van der Waals surface area contributed by atoms with Gasteiger partial charge in [0.15, 0.2) is 0 Å². The van der Waals surface area contributed by atoms with Crippen molar-refractivity contribution in [1.82, 2.24) is 5.32 Å². The lowest BCUT2D eigenvalue weighted by Gasteiger charge is -2.20. The van der Waals surface area contributed by atoms with Gasteiger partial charge in [-0.2, -0.15) is 0 Å². The van der Waals surface area contributed by atoms with E-state index in [1.165, 1.54) is 12.1 Å². The summed E-state index contributed by atoms with van der Waals surface area (Å²) in [6.45, 7) is 1.95. The van der Waals surface area contributed by atoms with E-state index in [1.54, 1.807) is 6.07 Å². The van der Waals surface area contributed by atoms with Crippen LogP contribution in [0.4, 0.5) is 5.69 Å². The molecule has 3 unspecified atom stereocenters. The van der Waals surface area contributed by atoms with E-state index in [2.05, 4.69) is 5.32 Å². The maximum absolute atomic E-state index is 12.3. The van der Waals surface area contributed by atoms with Gasteiger partial charge in [-0.1, -0.05) is 19.1 Å². The normalized spacial score (nSPS) is 22.8. The van der Waals surface area contributed by atoms with Crippen LogP contribution < -0.4 is 11.1 Å². The predicted octanol–water partition coefficient (Wildman–Crippen LogP) is 2.29. The predicted molar refractivity (Wildman–Crippen MR) is 79.6 cm³/mol. The summed E-state index contributed by atoms with van der Waals surface area (Å²) in [5.41, 5.74) is 6.65. The number of nitrogens with one attached hydrogen (secondary N) is 1. The van der Waals surface area contributed by atoms with Crippen molar-refractivity contribution in [3.05, 3.63) is 39.9 Å². The average Bonchev–Trinajstić information content (AvgIpc) is 2.91. The number of nitrogens with two attached hydrogens (primary N) is 1. The van der Waals surface area contributed by atoms with E-state index < -0.39 is 4.92 Å². The minimum Gasteiger partial charge on any atom is -0.349 e. The Kier molecular flexibility index (Phi) is 4.90. The molecular weight excluding hydrogens is 270 g/mol. The Morgan fingerprint density at radius 3 is 2.86 bits per heavy atom. The third-order valence-corrected chi connectivity index (χ3v) is 4.05. The monoisotopic (exact) mass is 291 g/mol. The van der Waals surface area contributed by atoms with Crippen LogP contribution in [0.2, 0.25) is 0 Å². The van der Waals surface area contributed by atoms with Crippen LogP contribution >= 0.6 is 0 Å². The Labute approximate surface area is 123 Å². The summed E-state index contributed by atoms with van der Waals surface area (Å²) in [6.07, 6.45) is 3.10. The highest BCUT2D eigenvalue weighted by molar-refractivity contribution is 5.79. The second kappa shape index (κ2) is 6.67. The summed E-state index contributed by atoms with van der Waals surface area (Å²) in [6, 6.07) is 6.34. The number of carbonyl (C=O) groups is 1. The molecule has 1 saturated carbocycles. The second-order valence-electron chi connectivity index (χ2n) is 5.59. The zero-order valence-electron chi connectivity index (χ0n) is 12.1. The summed E-state index contributed by atoms with van der Waals surface area (Å²) < 4.78 is 0. The van der Waals surface area contributed by atoms with Crippen LogP contribution in [0.25, 0.3) is 0 Å². The van der Waals surface area contributed by atoms with E-state index >= 15 is 0 Å². The van der Waals surface area contributed by atoms with E-state index in [1.807, 2.05) is 13.0 Å². The molecule has 1 amide bonds. The van der Waals surface area contributed by atoms with Gasteiger partial charge in [-0.3, -0.25) is 14.9 Å². The Morgan fingerprint density at radius 2 is 2.29 bits per heavy atom. The van der Waals surface area contributed by atoms with Gasteiger partial charge in [-0.15, -0.1) is 0 Å². The molecule has 6 nitrogen and oxygen atoms in total. The highest BCUT2D eigenvalue weighted by Crippen LogP contribution is 2.27. The lowest BCUT2D eigenvalue weighted by Crippen LogP contribution is -2.33. The van der Waals surface area contributed by atoms with Crippen molar-refractivity contribution >= 4 is 11.6 Å². The molecule has 6 heteroatoms. The number of amides is 1. The minimum absolute atomic E-state index is 0.00121. The molecule has 21 heavy (non-hydrogen) atoms. The molecule has 1 aliphatic rings. The molecule has 0 bridgehead atoms. The van der Waals surface area contributed by atoms with Gasteiger partial charge in [0.25, 0.3) is 5.69 Å². The summed E-state index contributed by atoms with van der Waals surface area (Å²) in [5, 5.41) is 13.8. The molecule has 2 rings (SSSR count). The maximum atomic E-state index is 12.3. The smallest absolute Gasteiger partial charge is 0.269 e. The summed E-state index contributed by atoms with van der Waals surface area (Å²) in [4.78, 5) is 22.7. The van der Waals surface area contributed by atoms with Crippen LogP contribution in [0.3, 0.4) is 0 Å². The number of hydrogen-bond donors (Lipinski definition) is 2. The minimum atomic E-state index is -0.423. The highest BCUT2D eigenvalue weighted by atomic mass is 16.6. The van der Waals surface area contributed by atoms with Gasteiger partial charge < -0.3 is 11.1 Å². The Morgan fingerprint density at radius 1 is 1.52 bits per heavy atom. The SMILES string of the molecule is CCC(NC(=O)C1CCC(N)C1)c1cccc([N+](=O)[O-])c1. The second-order valence-corrected chi connectivity index (χ2v) is 5.59.